The molecule has 0 heterocycles. The van der Waals surface area contributed by atoms with Crippen LogP contribution >= 0.6 is 0 Å². The highest BCUT2D eigenvalue weighted by atomic mass is 16.5. The molecule has 1 aromatic carbocycles. The highest BCUT2D eigenvalue weighted by molar-refractivity contribution is 5.31. The van der Waals surface area contributed by atoms with E-state index in [4.69, 9.17) is 4.74 Å². The van der Waals surface area contributed by atoms with E-state index in [1.807, 2.05) is 0 Å². The van der Waals surface area contributed by atoms with Crippen molar-refractivity contribution >= 4 is 0 Å². The lowest BCUT2D eigenvalue weighted by Gasteiger charge is -2.26. The zero-order valence-corrected chi connectivity index (χ0v) is 11.6. The summed E-state index contributed by atoms with van der Waals surface area (Å²) in [6, 6.07) is 8.67. The fourth-order valence-electron chi connectivity index (χ4n) is 3.60. The van der Waals surface area contributed by atoms with Crippen molar-refractivity contribution in [1.82, 2.24) is 0 Å². The third kappa shape index (κ3) is 3.01. The van der Waals surface area contributed by atoms with Crippen LogP contribution in [0, 0.1) is 5.92 Å². The zero-order valence-electron chi connectivity index (χ0n) is 11.6. The third-order valence-corrected chi connectivity index (χ3v) is 4.74. The van der Waals surface area contributed by atoms with E-state index in [0.29, 0.717) is 5.92 Å². The maximum absolute atomic E-state index is 9.83. The first kappa shape index (κ1) is 13.1. The Labute approximate surface area is 115 Å². The van der Waals surface area contributed by atoms with Gasteiger partial charge in [0.15, 0.2) is 0 Å². The Morgan fingerprint density at radius 3 is 2.84 bits per heavy atom. The number of rotatable bonds is 4. The number of hydrogen-bond donors (Lipinski definition) is 1. The standard InChI is InChI=1S/C17H24O2/c18-16-9-3-7-14(16)11-12-19-17-10-4-6-13-5-1-2-8-15(13)17/h1-2,5,8,14,16-18H,3-4,6-7,9-12H2. The number of hydrogen-bond acceptors (Lipinski definition) is 2. The highest BCUT2D eigenvalue weighted by Gasteiger charge is 2.26. The Hall–Kier alpha value is -0.860. The number of benzene rings is 1. The first-order valence-electron chi connectivity index (χ1n) is 7.72. The normalized spacial score (nSPS) is 30.3. The molecule has 0 radical (unpaired) electrons. The molecule has 1 fully saturated rings. The minimum Gasteiger partial charge on any atom is -0.393 e. The number of ether oxygens (including phenoxy) is 1. The van der Waals surface area contributed by atoms with Crippen LogP contribution < -0.4 is 0 Å². The lowest BCUT2D eigenvalue weighted by molar-refractivity contribution is 0.0213. The predicted molar refractivity (Wildman–Crippen MR) is 76.0 cm³/mol. The summed E-state index contributed by atoms with van der Waals surface area (Å²) in [7, 11) is 0. The van der Waals surface area contributed by atoms with Crippen LogP contribution in [0.4, 0.5) is 0 Å². The van der Waals surface area contributed by atoms with Crippen molar-refractivity contribution in [2.24, 2.45) is 5.92 Å². The van der Waals surface area contributed by atoms with Gasteiger partial charge in [0.1, 0.15) is 0 Å². The largest absolute Gasteiger partial charge is 0.393 e. The molecule has 0 aromatic heterocycles. The smallest absolute Gasteiger partial charge is 0.0827 e. The van der Waals surface area contributed by atoms with E-state index in [9.17, 15) is 5.11 Å². The summed E-state index contributed by atoms with van der Waals surface area (Å²) in [6.07, 6.45) is 8.11. The van der Waals surface area contributed by atoms with Gasteiger partial charge >= 0.3 is 0 Å². The Bertz CT molecular complexity index is 415. The molecule has 2 heteroatoms. The van der Waals surface area contributed by atoms with Gasteiger partial charge in [-0.2, -0.15) is 0 Å². The van der Waals surface area contributed by atoms with E-state index in [1.165, 1.54) is 36.8 Å². The molecular weight excluding hydrogens is 236 g/mol. The topological polar surface area (TPSA) is 29.5 Å². The van der Waals surface area contributed by atoms with Crippen molar-refractivity contribution in [2.75, 3.05) is 6.61 Å². The number of aliphatic hydroxyl groups excluding tert-OH is 1. The van der Waals surface area contributed by atoms with Gasteiger partial charge in [0.05, 0.1) is 12.2 Å². The minimum atomic E-state index is -0.0813. The molecule has 2 aliphatic carbocycles. The summed E-state index contributed by atoms with van der Waals surface area (Å²) in [4.78, 5) is 0. The van der Waals surface area contributed by atoms with E-state index in [2.05, 4.69) is 24.3 Å². The summed E-state index contributed by atoms with van der Waals surface area (Å²) >= 11 is 0. The Balaban J connectivity index is 1.53. The van der Waals surface area contributed by atoms with Gasteiger partial charge in [0.25, 0.3) is 0 Å². The monoisotopic (exact) mass is 260 g/mol. The predicted octanol–water partition coefficient (Wildman–Crippen LogP) is 3.63. The third-order valence-electron chi connectivity index (χ3n) is 4.74. The summed E-state index contributed by atoms with van der Waals surface area (Å²) in [5, 5.41) is 9.83. The van der Waals surface area contributed by atoms with Gasteiger partial charge in [-0.1, -0.05) is 30.7 Å². The van der Waals surface area contributed by atoms with Crippen LogP contribution in [0.5, 0.6) is 0 Å². The van der Waals surface area contributed by atoms with Crippen LogP contribution in [0.3, 0.4) is 0 Å². The summed E-state index contributed by atoms with van der Waals surface area (Å²) in [5.74, 6) is 0.471. The molecule has 2 nitrogen and oxygen atoms in total. The quantitative estimate of drug-likeness (QED) is 0.895. The summed E-state index contributed by atoms with van der Waals surface area (Å²) < 4.78 is 6.11. The molecule has 3 atom stereocenters. The first-order valence-corrected chi connectivity index (χ1v) is 7.72. The molecule has 0 aliphatic heterocycles. The van der Waals surface area contributed by atoms with E-state index >= 15 is 0 Å². The Kier molecular flexibility index (Phi) is 4.19. The molecule has 104 valence electrons. The van der Waals surface area contributed by atoms with Crippen LogP contribution in [0.25, 0.3) is 0 Å². The molecule has 0 saturated heterocycles. The van der Waals surface area contributed by atoms with Crippen molar-refractivity contribution in [3.05, 3.63) is 35.4 Å². The molecule has 19 heavy (non-hydrogen) atoms. The Morgan fingerprint density at radius 2 is 2.00 bits per heavy atom. The molecule has 3 unspecified atom stereocenters. The SMILES string of the molecule is OC1CCCC1CCOC1CCCc2ccccc21. The van der Waals surface area contributed by atoms with E-state index < -0.39 is 0 Å². The van der Waals surface area contributed by atoms with Gasteiger partial charge in [0.2, 0.25) is 0 Å². The van der Waals surface area contributed by atoms with Gasteiger partial charge in [-0.15, -0.1) is 0 Å². The fourth-order valence-corrected chi connectivity index (χ4v) is 3.60. The molecule has 0 amide bonds. The minimum absolute atomic E-state index is 0.0813. The molecule has 2 aliphatic rings. The van der Waals surface area contributed by atoms with Crippen LogP contribution in [0.15, 0.2) is 24.3 Å². The fraction of sp³-hybridized carbons (Fsp3) is 0.647. The Morgan fingerprint density at radius 1 is 1.11 bits per heavy atom. The molecule has 1 N–H and O–H groups in total. The second kappa shape index (κ2) is 6.06. The van der Waals surface area contributed by atoms with Crippen molar-refractivity contribution < 1.29 is 9.84 Å². The second-order valence-corrected chi connectivity index (χ2v) is 6.00. The van der Waals surface area contributed by atoms with E-state index in [1.54, 1.807) is 0 Å². The summed E-state index contributed by atoms with van der Waals surface area (Å²) in [6.45, 7) is 0.792. The van der Waals surface area contributed by atoms with E-state index in [-0.39, 0.29) is 12.2 Å². The lowest BCUT2D eigenvalue weighted by atomic mass is 9.89. The number of aliphatic hydroxyl groups is 1. The van der Waals surface area contributed by atoms with Gasteiger partial charge in [-0.3, -0.25) is 0 Å². The van der Waals surface area contributed by atoms with E-state index in [0.717, 1.165) is 25.9 Å². The van der Waals surface area contributed by atoms with Crippen molar-refractivity contribution in [3.63, 3.8) is 0 Å². The van der Waals surface area contributed by atoms with Gasteiger partial charge in [-0.25, -0.2) is 0 Å². The molecule has 1 saturated carbocycles. The summed E-state index contributed by atoms with van der Waals surface area (Å²) in [5.41, 5.74) is 2.85. The molecule has 0 spiro atoms. The van der Waals surface area contributed by atoms with Gasteiger partial charge in [0, 0.05) is 6.61 Å². The average Bonchev–Trinajstić information content (AvgIpc) is 2.85. The van der Waals surface area contributed by atoms with Gasteiger partial charge < -0.3 is 9.84 Å². The van der Waals surface area contributed by atoms with Crippen LogP contribution in [0.2, 0.25) is 0 Å². The van der Waals surface area contributed by atoms with Crippen molar-refractivity contribution in [1.29, 1.82) is 0 Å². The zero-order chi connectivity index (χ0) is 13.1. The number of aryl methyl sites for hydroxylation is 1. The van der Waals surface area contributed by atoms with Crippen LogP contribution in [0.1, 0.15) is 55.8 Å². The lowest BCUT2D eigenvalue weighted by Crippen LogP contribution is -2.18. The van der Waals surface area contributed by atoms with Crippen molar-refractivity contribution in [2.45, 2.75) is 57.2 Å². The average molecular weight is 260 g/mol. The van der Waals surface area contributed by atoms with Crippen LogP contribution in [-0.2, 0) is 11.2 Å². The van der Waals surface area contributed by atoms with Crippen molar-refractivity contribution in [3.8, 4) is 0 Å². The molecule has 0 bridgehead atoms. The van der Waals surface area contributed by atoms with Gasteiger partial charge in [-0.05, 0) is 55.6 Å². The van der Waals surface area contributed by atoms with Crippen LogP contribution in [-0.4, -0.2) is 17.8 Å². The second-order valence-electron chi connectivity index (χ2n) is 6.00. The molecule has 3 rings (SSSR count). The molecule has 1 aromatic rings. The first-order chi connectivity index (χ1) is 9.34. The number of fused-ring (bicyclic) bond motifs is 1. The highest BCUT2D eigenvalue weighted by Crippen LogP contribution is 2.33. The molecular formula is C17H24O2. The maximum Gasteiger partial charge on any atom is 0.0827 e. The maximum atomic E-state index is 9.83.